The summed E-state index contributed by atoms with van der Waals surface area (Å²) in [7, 11) is 0. The van der Waals surface area contributed by atoms with Crippen LogP contribution in [0.5, 0.6) is 0 Å². The van der Waals surface area contributed by atoms with E-state index in [1.807, 2.05) is 42.2 Å². The van der Waals surface area contributed by atoms with Crippen LogP contribution in [0.1, 0.15) is 40.8 Å². The van der Waals surface area contributed by atoms with Crippen molar-refractivity contribution in [3.63, 3.8) is 0 Å². The molecule has 4 rings (SSSR count). The Bertz CT molecular complexity index is 1060. The molecule has 1 N–H and O–H groups in total. The molecule has 3 aromatic rings. The molecule has 1 fully saturated rings. The maximum atomic E-state index is 13.4. The van der Waals surface area contributed by atoms with Crippen LogP contribution in [0.25, 0.3) is 10.2 Å². The lowest BCUT2D eigenvalue weighted by atomic mass is 10.0. The molecule has 6 nitrogen and oxygen atoms in total. The Morgan fingerprint density at radius 3 is 2.71 bits per heavy atom. The third-order valence-corrected chi connectivity index (χ3v) is 6.44. The summed E-state index contributed by atoms with van der Waals surface area (Å²) in [4.78, 5) is 35.4. The van der Waals surface area contributed by atoms with E-state index >= 15 is 0 Å². The van der Waals surface area contributed by atoms with Crippen LogP contribution in [0.15, 0.2) is 41.5 Å². The quantitative estimate of drug-likeness (QED) is 0.734. The minimum Gasteiger partial charge on any atom is -0.366 e. The number of benzene rings is 1. The van der Waals surface area contributed by atoms with Gasteiger partial charge >= 0.3 is 0 Å². The predicted molar refractivity (Wildman–Crippen MR) is 110 cm³/mol. The monoisotopic (exact) mass is 397 g/mol. The van der Waals surface area contributed by atoms with Crippen LogP contribution in [0.4, 0.5) is 0 Å². The van der Waals surface area contributed by atoms with Gasteiger partial charge in [0.1, 0.15) is 10.9 Å². The number of rotatable bonds is 3. The van der Waals surface area contributed by atoms with Gasteiger partial charge in [-0.05, 0) is 24.0 Å². The number of ether oxygens (including phenoxy) is 1. The second-order valence-electron chi connectivity index (χ2n) is 7.50. The number of hydrogen-bond acceptors (Lipinski definition) is 5. The zero-order chi connectivity index (χ0) is 19.8. The van der Waals surface area contributed by atoms with E-state index in [-0.39, 0.29) is 29.6 Å². The summed E-state index contributed by atoms with van der Waals surface area (Å²) in [6, 6.07) is 10.0. The zero-order valence-electron chi connectivity index (χ0n) is 16.1. The topological polar surface area (TPSA) is 75.3 Å². The number of aromatic nitrogens is 2. The van der Waals surface area contributed by atoms with E-state index in [1.54, 1.807) is 0 Å². The molecule has 0 spiro atoms. The predicted octanol–water partition coefficient (Wildman–Crippen LogP) is 3.53. The lowest BCUT2D eigenvalue weighted by Crippen LogP contribution is -2.48. The second kappa shape index (κ2) is 7.48. The van der Waals surface area contributed by atoms with Crippen molar-refractivity contribution in [1.29, 1.82) is 0 Å². The van der Waals surface area contributed by atoms with Gasteiger partial charge in [0.25, 0.3) is 11.5 Å². The fraction of sp³-hybridized carbons (Fsp3) is 0.381. The molecule has 1 amide bonds. The van der Waals surface area contributed by atoms with Gasteiger partial charge < -0.3 is 14.6 Å². The van der Waals surface area contributed by atoms with Crippen LogP contribution >= 0.6 is 11.3 Å². The van der Waals surface area contributed by atoms with Crippen molar-refractivity contribution in [2.45, 2.75) is 33.0 Å². The van der Waals surface area contributed by atoms with Crippen molar-refractivity contribution < 1.29 is 9.53 Å². The molecule has 2 aromatic heterocycles. The maximum Gasteiger partial charge on any atom is 0.264 e. The van der Waals surface area contributed by atoms with Gasteiger partial charge in [0.2, 0.25) is 0 Å². The number of carbonyl (C=O) groups excluding carboxylic acids is 1. The number of aryl methyl sites for hydroxylation is 1. The van der Waals surface area contributed by atoms with Gasteiger partial charge in [-0.2, -0.15) is 0 Å². The van der Waals surface area contributed by atoms with Crippen LogP contribution in [0, 0.1) is 12.8 Å². The highest BCUT2D eigenvalue weighted by Crippen LogP contribution is 2.32. The molecule has 146 valence electrons. The molecule has 1 aliphatic heterocycles. The largest absolute Gasteiger partial charge is 0.366 e. The van der Waals surface area contributed by atoms with Gasteiger partial charge in [-0.15, -0.1) is 11.3 Å². The number of hydrogen-bond donors (Lipinski definition) is 1. The van der Waals surface area contributed by atoms with Gasteiger partial charge in [0.15, 0.2) is 0 Å². The van der Waals surface area contributed by atoms with E-state index < -0.39 is 0 Å². The Kier molecular flexibility index (Phi) is 5.03. The number of carbonyl (C=O) groups is 1. The van der Waals surface area contributed by atoms with E-state index in [2.05, 4.69) is 23.8 Å². The minimum absolute atomic E-state index is 0.0425. The van der Waals surface area contributed by atoms with E-state index in [1.165, 1.54) is 17.7 Å². The number of nitrogens with one attached hydrogen (secondary N) is 1. The van der Waals surface area contributed by atoms with Crippen LogP contribution in [-0.2, 0) is 4.74 Å². The van der Waals surface area contributed by atoms with Crippen molar-refractivity contribution >= 4 is 27.5 Å². The third kappa shape index (κ3) is 3.36. The molecule has 0 bridgehead atoms. The van der Waals surface area contributed by atoms with E-state index in [9.17, 15) is 9.59 Å². The normalized spacial score (nSPS) is 20.1. The first-order valence-corrected chi connectivity index (χ1v) is 10.2. The molecule has 28 heavy (non-hydrogen) atoms. The molecule has 3 heterocycles. The molecule has 2 atom stereocenters. The lowest BCUT2D eigenvalue weighted by Gasteiger charge is -2.40. The Balaban J connectivity index is 1.69. The highest BCUT2D eigenvalue weighted by molar-refractivity contribution is 7.20. The molecule has 0 radical (unpaired) electrons. The van der Waals surface area contributed by atoms with Crippen molar-refractivity contribution in [2.75, 3.05) is 13.1 Å². The summed E-state index contributed by atoms with van der Waals surface area (Å²) in [6.07, 6.45) is 1.17. The van der Waals surface area contributed by atoms with Crippen LogP contribution < -0.4 is 5.56 Å². The molecule has 0 saturated carbocycles. The van der Waals surface area contributed by atoms with Gasteiger partial charge in [0.05, 0.1) is 29.2 Å². The van der Waals surface area contributed by atoms with Gasteiger partial charge in [0, 0.05) is 6.54 Å². The number of aromatic amines is 1. The van der Waals surface area contributed by atoms with E-state index in [0.717, 1.165) is 5.56 Å². The molecular formula is C21H23N3O3S. The molecule has 1 saturated heterocycles. The summed E-state index contributed by atoms with van der Waals surface area (Å²) < 4.78 is 6.30. The smallest absolute Gasteiger partial charge is 0.264 e. The zero-order valence-corrected chi connectivity index (χ0v) is 17.0. The Labute approximate surface area is 167 Å². The summed E-state index contributed by atoms with van der Waals surface area (Å²) in [5.74, 6) is 0.226. The number of thiophene rings is 1. The summed E-state index contributed by atoms with van der Waals surface area (Å²) >= 11 is 1.28. The molecular weight excluding hydrogens is 374 g/mol. The molecule has 1 aromatic carbocycles. The van der Waals surface area contributed by atoms with Crippen LogP contribution in [-0.4, -0.2) is 40.0 Å². The number of fused-ring (bicyclic) bond motifs is 1. The first-order valence-electron chi connectivity index (χ1n) is 9.42. The Morgan fingerprint density at radius 2 is 2.04 bits per heavy atom. The first kappa shape index (κ1) is 18.8. The number of H-pyrrole nitrogens is 1. The molecule has 0 aliphatic carbocycles. The average Bonchev–Trinajstić information content (AvgIpc) is 3.05. The maximum absolute atomic E-state index is 13.4. The van der Waals surface area contributed by atoms with Crippen molar-refractivity contribution in [1.82, 2.24) is 14.9 Å². The average molecular weight is 398 g/mol. The van der Waals surface area contributed by atoms with Gasteiger partial charge in [-0.25, -0.2) is 4.98 Å². The minimum atomic E-state index is -0.206. The fourth-order valence-corrected chi connectivity index (χ4v) is 4.72. The highest BCUT2D eigenvalue weighted by atomic mass is 32.1. The van der Waals surface area contributed by atoms with Crippen molar-refractivity contribution in [3.05, 3.63) is 63.0 Å². The van der Waals surface area contributed by atoms with Crippen LogP contribution in [0.3, 0.4) is 0 Å². The number of amides is 1. The summed E-state index contributed by atoms with van der Waals surface area (Å²) in [5, 5.41) is 0.504. The summed E-state index contributed by atoms with van der Waals surface area (Å²) in [6.45, 7) is 7.06. The number of morpholine rings is 1. The standard InChI is InChI=1S/C21H23N3O3S/c1-12(2)15-9-24(10-16(27-15)14-7-5-4-6-8-14)21(26)18-13(3)17-19(25)22-11-23-20(17)28-18/h4-8,11-12,15-16H,9-10H2,1-3H3,(H,22,23,25)/t15-,16+/m1/s1. The Hall–Kier alpha value is -2.51. The molecule has 7 heteroatoms. The molecule has 0 unspecified atom stereocenters. The first-order chi connectivity index (χ1) is 13.5. The third-order valence-electron chi connectivity index (χ3n) is 5.25. The van der Waals surface area contributed by atoms with E-state index in [4.69, 9.17) is 4.74 Å². The van der Waals surface area contributed by atoms with Crippen LogP contribution in [0.2, 0.25) is 0 Å². The second-order valence-corrected chi connectivity index (χ2v) is 8.50. The SMILES string of the molecule is Cc1c(C(=O)N2C[C@@H](c3ccccc3)O[C@@H](C(C)C)C2)sc2nc[nH]c(=O)c12. The molecule has 1 aliphatic rings. The van der Waals surface area contributed by atoms with Crippen molar-refractivity contribution in [3.8, 4) is 0 Å². The van der Waals surface area contributed by atoms with E-state index in [0.29, 0.717) is 33.7 Å². The lowest BCUT2D eigenvalue weighted by molar-refractivity contribution is -0.0953. The van der Waals surface area contributed by atoms with Gasteiger partial charge in [-0.1, -0.05) is 44.2 Å². The summed E-state index contributed by atoms with van der Waals surface area (Å²) in [5.41, 5.74) is 1.56. The highest BCUT2D eigenvalue weighted by Gasteiger charge is 2.34. The van der Waals surface area contributed by atoms with Crippen molar-refractivity contribution in [2.24, 2.45) is 5.92 Å². The number of nitrogens with zero attached hydrogens (tertiary/aromatic N) is 2. The fourth-order valence-electron chi connectivity index (χ4n) is 3.60. The Morgan fingerprint density at radius 1 is 1.29 bits per heavy atom. The van der Waals surface area contributed by atoms with Gasteiger partial charge in [-0.3, -0.25) is 9.59 Å².